The number of nitrogens with zero attached hydrogens (tertiary/aromatic N) is 2. The van der Waals surface area contributed by atoms with Crippen molar-refractivity contribution in [1.82, 2.24) is 15.4 Å². The number of aryl methyl sites for hydroxylation is 1. The number of methoxy groups -OCH3 is 1. The Labute approximate surface area is 157 Å². The Morgan fingerprint density at radius 1 is 1.22 bits per heavy atom. The van der Waals surface area contributed by atoms with Crippen LogP contribution in [0.25, 0.3) is 6.08 Å². The number of aromatic amines is 1. The summed E-state index contributed by atoms with van der Waals surface area (Å²) >= 11 is 0. The number of anilines is 1. The number of amides is 1. The first-order valence-corrected chi connectivity index (χ1v) is 8.36. The second kappa shape index (κ2) is 8.66. The first kappa shape index (κ1) is 18.2. The number of carbonyl (C=O) groups excluding carboxylic acids is 1. The maximum Gasteiger partial charge on any atom is 0.248 e. The quantitative estimate of drug-likeness (QED) is 0.628. The molecule has 27 heavy (non-hydrogen) atoms. The molecule has 0 aliphatic rings. The summed E-state index contributed by atoms with van der Waals surface area (Å²) in [5.41, 5.74) is 3.38. The van der Waals surface area contributed by atoms with Gasteiger partial charge in [0.05, 0.1) is 19.0 Å². The summed E-state index contributed by atoms with van der Waals surface area (Å²) in [7, 11) is 1.57. The number of carbonyl (C=O) groups is 1. The largest absolute Gasteiger partial charge is 0.493 e. The van der Waals surface area contributed by atoms with E-state index < -0.39 is 0 Å². The molecule has 1 aromatic heterocycles. The van der Waals surface area contributed by atoms with Crippen LogP contribution in [0, 0.1) is 6.92 Å². The molecule has 0 bridgehead atoms. The molecule has 0 saturated heterocycles. The monoisotopic (exact) mass is 364 g/mol. The molecule has 138 valence electrons. The van der Waals surface area contributed by atoms with Gasteiger partial charge in [-0.2, -0.15) is 0 Å². The van der Waals surface area contributed by atoms with Crippen LogP contribution in [0.5, 0.6) is 11.5 Å². The number of hydrogen-bond donors (Lipinski definition) is 2. The zero-order chi connectivity index (χ0) is 19.1. The van der Waals surface area contributed by atoms with Crippen molar-refractivity contribution < 1.29 is 14.3 Å². The van der Waals surface area contributed by atoms with E-state index in [1.807, 2.05) is 37.3 Å². The fourth-order valence-electron chi connectivity index (χ4n) is 2.41. The van der Waals surface area contributed by atoms with Gasteiger partial charge >= 0.3 is 0 Å². The number of rotatable bonds is 7. The van der Waals surface area contributed by atoms with E-state index in [1.54, 1.807) is 31.5 Å². The minimum atomic E-state index is -0.199. The average molecular weight is 364 g/mol. The highest BCUT2D eigenvalue weighted by Crippen LogP contribution is 2.29. The maximum absolute atomic E-state index is 12.1. The first-order chi connectivity index (χ1) is 13.2. The predicted octanol–water partition coefficient (Wildman–Crippen LogP) is 3.35. The Morgan fingerprint density at radius 2 is 2.07 bits per heavy atom. The summed E-state index contributed by atoms with van der Waals surface area (Å²) in [5, 5.41) is 12.9. The molecule has 0 fully saturated rings. The third-order valence-electron chi connectivity index (χ3n) is 3.87. The molecule has 0 aliphatic heterocycles. The van der Waals surface area contributed by atoms with Gasteiger partial charge in [-0.05, 0) is 42.3 Å². The number of aromatic nitrogens is 3. The smallest absolute Gasteiger partial charge is 0.248 e. The Morgan fingerprint density at radius 3 is 2.81 bits per heavy atom. The fraction of sp³-hybridized carbons (Fsp3) is 0.150. The Balaban J connectivity index is 1.65. The zero-order valence-corrected chi connectivity index (χ0v) is 15.1. The van der Waals surface area contributed by atoms with E-state index in [0.29, 0.717) is 18.1 Å². The summed E-state index contributed by atoms with van der Waals surface area (Å²) < 4.78 is 11.1. The fourth-order valence-corrected chi connectivity index (χ4v) is 2.41. The van der Waals surface area contributed by atoms with Crippen LogP contribution in [0.3, 0.4) is 0 Å². The molecule has 0 aliphatic carbocycles. The van der Waals surface area contributed by atoms with Gasteiger partial charge in [-0.1, -0.05) is 29.5 Å². The van der Waals surface area contributed by atoms with E-state index in [9.17, 15) is 4.79 Å². The highest BCUT2D eigenvalue weighted by atomic mass is 16.5. The lowest BCUT2D eigenvalue weighted by Gasteiger charge is -2.10. The number of H-pyrrole nitrogens is 1. The number of hydrogen-bond acceptors (Lipinski definition) is 5. The van der Waals surface area contributed by atoms with Crippen molar-refractivity contribution in [2.45, 2.75) is 13.5 Å². The minimum absolute atomic E-state index is 0.199. The van der Waals surface area contributed by atoms with Gasteiger partial charge in [-0.15, -0.1) is 5.10 Å². The van der Waals surface area contributed by atoms with Gasteiger partial charge in [0.1, 0.15) is 6.61 Å². The van der Waals surface area contributed by atoms with Gasteiger partial charge in [-0.25, -0.2) is 0 Å². The molecule has 0 radical (unpaired) electrons. The van der Waals surface area contributed by atoms with Crippen LogP contribution in [0.1, 0.15) is 16.8 Å². The number of ether oxygens (including phenoxy) is 2. The lowest BCUT2D eigenvalue weighted by atomic mass is 10.1. The van der Waals surface area contributed by atoms with Crippen LogP contribution in [-0.4, -0.2) is 28.4 Å². The van der Waals surface area contributed by atoms with E-state index in [1.165, 1.54) is 6.08 Å². The van der Waals surface area contributed by atoms with Crippen LogP contribution in [0.2, 0.25) is 0 Å². The lowest BCUT2D eigenvalue weighted by Crippen LogP contribution is -2.08. The van der Waals surface area contributed by atoms with Gasteiger partial charge in [0.25, 0.3) is 0 Å². The maximum atomic E-state index is 12.1. The van der Waals surface area contributed by atoms with Crippen LogP contribution in [0.15, 0.2) is 54.7 Å². The van der Waals surface area contributed by atoms with Crippen molar-refractivity contribution in [3.05, 3.63) is 71.6 Å². The van der Waals surface area contributed by atoms with Crippen molar-refractivity contribution in [2.24, 2.45) is 0 Å². The Kier molecular flexibility index (Phi) is 5.84. The minimum Gasteiger partial charge on any atom is -0.493 e. The SMILES string of the molecule is COc1cc(/C=C/C(=O)Nc2ccccc2C)ccc1OCc1cnn[nH]1. The van der Waals surface area contributed by atoms with Crippen LogP contribution >= 0.6 is 0 Å². The third-order valence-corrected chi connectivity index (χ3v) is 3.87. The number of nitrogens with one attached hydrogen (secondary N) is 2. The van der Waals surface area contributed by atoms with Crippen molar-refractivity contribution >= 4 is 17.7 Å². The van der Waals surface area contributed by atoms with Crippen LogP contribution < -0.4 is 14.8 Å². The van der Waals surface area contributed by atoms with Crippen molar-refractivity contribution in [3.8, 4) is 11.5 Å². The second-order valence-corrected chi connectivity index (χ2v) is 5.82. The summed E-state index contributed by atoms with van der Waals surface area (Å²) in [6.07, 6.45) is 4.80. The first-order valence-electron chi connectivity index (χ1n) is 8.36. The van der Waals surface area contributed by atoms with Crippen LogP contribution in [-0.2, 0) is 11.4 Å². The van der Waals surface area contributed by atoms with Crippen molar-refractivity contribution in [2.75, 3.05) is 12.4 Å². The van der Waals surface area contributed by atoms with Gasteiger partial charge in [0.2, 0.25) is 5.91 Å². The lowest BCUT2D eigenvalue weighted by molar-refractivity contribution is -0.111. The average Bonchev–Trinajstić information content (AvgIpc) is 3.20. The number of benzene rings is 2. The third kappa shape index (κ3) is 4.94. The van der Waals surface area contributed by atoms with E-state index in [2.05, 4.69) is 20.7 Å². The van der Waals surface area contributed by atoms with Crippen molar-refractivity contribution in [3.63, 3.8) is 0 Å². The zero-order valence-electron chi connectivity index (χ0n) is 15.1. The molecule has 1 heterocycles. The Hall–Kier alpha value is -3.61. The molecule has 0 atom stereocenters. The normalized spacial score (nSPS) is 10.7. The Bertz CT molecular complexity index is 936. The standard InChI is InChI=1S/C20H20N4O3/c1-14-5-3-4-6-17(14)22-20(25)10-8-15-7-9-18(19(11-15)26-2)27-13-16-12-21-24-23-16/h3-12H,13H2,1-2H3,(H,22,25)(H,21,23,24)/b10-8+. The molecule has 7 heteroatoms. The molecule has 1 amide bonds. The van der Waals surface area contributed by atoms with E-state index >= 15 is 0 Å². The van der Waals surface area contributed by atoms with Gasteiger partial charge in [0, 0.05) is 11.8 Å². The molecule has 3 aromatic rings. The highest BCUT2D eigenvalue weighted by molar-refractivity contribution is 6.02. The molecule has 3 rings (SSSR count). The van der Waals surface area contributed by atoms with Crippen molar-refractivity contribution in [1.29, 1.82) is 0 Å². The molecular weight excluding hydrogens is 344 g/mol. The molecule has 0 saturated carbocycles. The summed E-state index contributed by atoms with van der Waals surface area (Å²) in [5.74, 6) is 0.966. The van der Waals surface area contributed by atoms with E-state index in [4.69, 9.17) is 9.47 Å². The van der Waals surface area contributed by atoms with Crippen LogP contribution in [0.4, 0.5) is 5.69 Å². The van der Waals surface area contributed by atoms with Gasteiger partial charge < -0.3 is 14.8 Å². The van der Waals surface area contributed by atoms with Gasteiger partial charge in [-0.3, -0.25) is 9.89 Å². The molecule has 7 nitrogen and oxygen atoms in total. The van der Waals surface area contributed by atoms with E-state index in [0.717, 1.165) is 22.5 Å². The topological polar surface area (TPSA) is 89.1 Å². The molecular formula is C20H20N4O3. The summed E-state index contributed by atoms with van der Waals surface area (Å²) in [6.45, 7) is 2.25. The molecule has 2 aromatic carbocycles. The second-order valence-electron chi connectivity index (χ2n) is 5.82. The molecule has 0 spiro atoms. The summed E-state index contributed by atoms with van der Waals surface area (Å²) in [4.78, 5) is 12.1. The predicted molar refractivity (Wildman–Crippen MR) is 103 cm³/mol. The molecule has 2 N–H and O–H groups in total. The molecule has 0 unspecified atom stereocenters. The van der Waals surface area contributed by atoms with E-state index in [-0.39, 0.29) is 5.91 Å². The van der Waals surface area contributed by atoms with Gasteiger partial charge in [0.15, 0.2) is 11.5 Å². The number of para-hydroxylation sites is 1. The summed E-state index contributed by atoms with van der Waals surface area (Å²) in [6, 6.07) is 13.1. The highest BCUT2D eigenvalue weighted by Gasteiger charge is 2.07.